The number of allylic oxidation sites excluding steroid dienone is 1. The van der Waals surface area contributed by atoms with Crippen LogP contribution in [0.4, 0.5) is 0 Å². The van der Waals surface area contributed by atoms with E-state index in [1.807, 2.05) is 61.2 Å². The standard InChI is InChI=1S/C29H33N3O4S/c1-19-11-9-10-16-22(19)26(34)30-23(17-20-12-5-3-6-13-20)24(33)27(35)31-18-37-29(2)25(31)28(36)32(29)21-14-7-4-8-15-21/h3,5-7,9-14,16,21,23-25,33H,4,8,15,17-18H2,1-2H3,(H,30,34)/t21-,23+,24+,25-,29?/m1/s1. The number of fused-ring (bicyclic) bond motifs is 1. The van der Waals surface area contributed by atoms with Crippen molar-refractivity contribution < 1.29 is 19.5 Å². The minimum absolute atomic E-state index is 0.0502. The number of nitrogens with zero attached hydrogens (tertiary/aromatic N) is 2. The summed E-state index contributed by atoms with van der Waals surface area (Å²) in [5.41, 5.74) is 2.19. The summed E-state index contributed by atoms with van der Waals surface area (Å²) in [4.78, 5) is 43.0. The molecule has 0 aromatic heterocycles. The van der Waals surface area contributed by atoms with Crippen molar-refractivity contribution >= 4 is 29.5 Å². The summed E-state index contributed by atoms with van der Waals surface area (Å²) in [6.45, 7) is 3.85. The van der Waals surface area contributed by atoms with Crippen LogP contribution >= 0.6 is 11.8 Å². The molecule has 194 valence electrons. The largest absolute Gasteiger partial charge is 0.381 e. The molecule has 5 rings (SSSR count). The lowest BCUT2D eigenvalue weighted by molar-refractivity contribution is -0.170. The van der Waals surface area contributed by atoms with Gasteiger partial charge in [0.05, 0.1) is 18.0 Å². The van der Waals surface area contributed by atoms with Crippen LogP contribution in [0.1, 0.15) is 47.7 Å². The molecule has 2 aliphatic heterocycles. The number of aryl methyl sites for hydroxylation is 1. The number of β-lactam (4-membered cyclic amide) rings is 1. The summed E-state index contributed by atoms with van der Waals surface area (Å²) >= 11 is 1.56. The highest BCUT2D eigenvalue weighted by molar-refractivity contribution is 8.01. The molecule has 2 saturated heterocycles. The van der Waals surface area contributed by atoms with E-state index in [0.717, 1.165) is 30.4 Å². The quantitative estimate of drug-likeness (QED) is 0.433. The van der Waals surface area contributed by atoms with Crippen LogP contribution < -0.4 is 5.32 Å². The summed E-state index contributed by atoms with van der Waals surface area (Å²) < 4.78 is 0. The Hall–Kier alpha value is -3.10. The number of rotatable bonds is 7. The second kappa shape index (κ2) is 10.3. The van der Waals surface area contributed by atoms with Gasteiger partial charge in [-0.15, -0.1) is 11.8 Å². The third-order valence-corrected chi connectivity index (χ3v) is 9.16. The third kappa shape index (κ3) is 4.68. The molecule has 3 aliphatic rings. The van der Waals surface area contributed by atoms with Crippen LogP contribution in [-0.2, 0) is 16.0 Å². The van der Waals surface area contributed by atoms with Gasteiger partial charge in [0.1, 0.15) is 10.9 Å². The minimum atomic E-state index is -1.49. The fourth-order valence-electron chi connectivity index (χ4n) is 5.71. The summed E-state index contributed by atoms with van der Waals surface area (Å²) in [7, 11) is 0. The maximum atomic E-state index is 13.6. The normalized spacial score (nSPS) is 26.3. The van der Waals surface area contributed by atoms with E-state index in [9.17, 15) is 19.5 Å². The first-order valence-electron chi connectivity index (χ1n) is 12.8. The predicted molar refractivity (Wildman–Crippen MR) is 144 cm³/mol. The van der Waals surface area contributed by atoms with Crippen LogP contribution in [0.3, 0.4) is 0 Å². The number of aliphatic hydroxyl groups excluding tert-OH is 1. The van der Waals surface area contributed by atoms with Crippen molar-refractivity contribution in [2.24, 2.45) is 0 Å². The Morgan fingerprint density at radius 2 is 1.89 bits per heavy atom. The Kier molecular flexibility index (Phi) is 7.14. The molecule has 5 atom stereocenters. The molecular formula is C29H33N3O4S. The van der Waals surface area contributed by atoms with Crippen molar-refractivity contribution in [2.75, 3.05) is 5.88 Å². The SMILES string of the molecule is Cc1ccccc1C(=O)N[C@@H](Cc1ccccc1)[C@H](O)C(=O)N1CSC2(C)[C@H]1C(=O)N2[C@@H]1C=CCCC1. The highest BCUT2D eigenvalue weighted by Gasteiger charge is 2.66. The van der Waals surface area contributed by atoms with Gasteiger partial charge in [-0.2, -0.15) is 0 Å². The zero-order valence-electron chi connectivity index (χ0n) is 21.2. The molecule has 37 heavy (non-hydrogen) atoms. The number of likely N-dealkylation sites (tertiary alicyclic amines) is 1. The van der Waals surface area contributed by atoms with E-state index in [1.54, 1.807) is 23.9 Å². The molecule has 7 nitrogen and oxygen atoms in total. The van der Waals surface area contributed by atoms with Gasteiger partial charge in [0, 0.05) is 5.56 Å². The van der Waals surface area contributed by atoms with Gasteiger partial charge in [0.2, 0.25) is 5.91 Å². The van der Waals surface area contributed by atoms with Crippen LogP contribution in [0.5, 0.6) is 0 Å². The Balaban J connectivity index is 1.35. The minimum Gasteiger partial charge on any atom is -0.381 e. The molecule has 3 amide bonds. The monoisotopic (exact) mass is 519 g/mol. The highest BCUT2D eigenvalue weighted by atomic mass is 32.2. The molecular weight excluding hydrogens is 486 g/mol. The second-order valence-electron chi connectivity index (χ2n) is 10.2. The summed E-state index contributed by atoms with van der Waals surface area (Å²) in [6, 6.07) is 15.3. The number of carbonyl (C=O) groups excluding carboxylic acids is 3. The van der Waals surface area contributed by atoms with Crippen molar-refractivity contribution in [2.45, 2.75) is 68.6 Å². The zero-order chi connectivity index (χ0) is 26.2. The Morgan fingerprint density at radius 1 is 1.16 bits per heavy atom. The smallest absolute Gasteiger partial charge is 0.255 e. The average Bonchev–Trinajstić information content (AvgIpc) is 3.21. The molecule has 2 aromatic rings. The van der Waals surface area contributed by atoms with Gasteiger partial charge in [-0.3, -0.25) is 14.4 Å². The average molecular weight is 520 g/mol. The van der Waals surface area contributed by atoms with Gasteiger partial charge in [0.25, 0.3) is 11.8 Å². The molecule has 0 bridgehead atoms. The lowest BCUT2D eigenvalue weighted by Gasteiger charge is -2.55. The van der Waals surface area contributed by atoms with Crippen molar-refractivity contribution in [3.63, 3.8) is 0 Å². The Bertz CT molecular complexity index is 1220. The first-order valence-corrected chi connectivity index (χ1v) is 13.8. The van der Waals surface area contributed by atoms with E-state index < -0.39 is 29.0 Å². The number of hydrogen-bond acceptors (Lipinski definition) is 5. The van der Waals surface area contributed by atoms with E-state index in [1.165, 1.54) is 4.90 Å². The molecule has 1 unspecified atom stereocenters. The van der Waals surface area contributed by atoms with Gasteiger partial charge in [-0.25, -0.2) is 0 Å². The van der Waals surface area contributed by atoms with Crippen LogP contribution in [0.2, 0.25) is 0 Å². The number of aliphatic hydroxyl groups is 1. The topological polar surface area (TPSA) is 90.0 Å². The predicted octanol–water partition coefficient (Wildman–Crippen LogP) is 3.27. The fraction of sp³-hybridized carbons (Fsp3) is 0.414. The maximum absolute atomic E-state index is 13.6. The van der Waals surface area contributed by atoms with Crippen molar-refractivity contribution in [3.8, 4) is 0 Å². The van der Waals surface area contributed by atoms with Gasteiger partial charge < -0.3 is 20.2 Å². The first-order chi connectivity index (χ1) is 17.8. The van der Waals surface area contributed by atoms with Crippen molar-refractivity contribution in [1.29, 1.82) is 0 Å². The zero-order valence-corrected chi connectivity index (χ0v) is 22.0. The van der Waals surface area contributed by atoms with Crippen LogP contribution in [0, 0.1) is 6.92 Å². The molecule has 0 radical (unpaired) electrons. The fourth-order valence-corrected chi connectivity index (χ4v) is 7.14. The van der Waals surface area contributed by atoms with Gasteiger partial charge in [-0.05, 0) is 56.7 Å². The van der Waals surface area contributed by atoms with E-state index in [2.05, 4.69) is 17.5 Å². The number of nitrogens with one attached hydrogen (secondary N) is 1. The first kappa shape index (κ1) is 25.5. The van der Waals surface area contributed by atoms with E-state index >= 15 is 0 Å². The van der Waals surface area contributed by atoms with E-state index in [0.29, 0.717) is 11.4 Å². The Labute approximate surface area is 221 Å². The molecule has 2 fully saturated rings. The number of carbonyl (C=O) groups is 3. The molecule has 2 aromatic carbocycles. The van der Waals surface area contributed by atoms with E-state index in [-0.39, 0.29) is 24.3 Å². The lowest BCUT2D eigenvalue weighted by Crippen LogP contribution is -2.76. The van der Waals surface area contributed by atoms with Gasteiger partial charge in [0.15, 0.2) is 6.10 Å². The number of amides is 3. The lowest BCUT2D eigenvalue weighted by atomic mass is 9.88. The number of thioether (sulfide) groups is 1. The van der Waals surface area contributed by atoms with Gasteiger partial charge in [-0.1, -0.05) is 60.7 Å². The summed E-state index contributed by atoms with van der Waals surface area (Å²) in [5.74, 6) is -0.631. The third-order valence-electron chi connectivity index (χ3n) is 7.75. The van der Waals surface area contributed by atoms with Crippen molar-refractivity contribution in [1.82, 2.24) is 15.1 Å². The molecule has 1 aliphatic carbocycles. The van der Waals surface area contributed by atoms with Crippen molar-refractivity contribution in [3.05, 3.63) is 83.4 Å². The molecule has 8 heteroatoms. The van der Waals surface area contributed by atoms with Crippen LogP contribution in [0.15, 0.2) is 66.7 Å². The molecule has 2 heterocycles. The highest BCUT2D eigenvalue weighted by Crippen LogP contribution is 2.52. The molecule has 0 spiro atoms. The van der Waals surface area contributed by atoms with Gasteiger partial charge >= 0.3 is 0 Å². The number of benzene rings is 2. The van der Waals surface area contributed by atoms with E-state index in [4.69, 9.17) is 0 Å². The summed E-state index contributed by atoms with van der Waals surface area (Å²) in [6.07, 6.45) is 5.99. The Morgan fingerprint density at radius 3 is 2.59 bits per heavy atom. The maximum Gasteiger partial charge on any atom is 0.255 e. The number of hydrogen-bond donors (Lipinski definition) is 2. The van der Waals surface area contributed by atoms with Crippen LogP contribution in [0.25, 0.3) is 0 Å². The molecule has 0 saturated carbocycles. The molecule has 2 N–H and O–H groups in total. The summed E-state index contributed by atoms with van der Waals surface area (Å²) in [5, 5.41) is 14.2. The van der Waals surface area contributed by atoms with Crippen LogP contribution in [-0.4, -0.2) is 67.6 Å². The second-order valence-corrected chi connectivity index (χ2v) is 11.6.